The molecule has 3 rings (SSSR count). The fraction of sp³-hybridized carbons (Fsp3) is 0.238. The number of ether oxygens (including phenoxy) is 1. The summed E-state index contributed by atoms with van der Waals surface area (Å²) in [7, 11) is -2.54. The molecule has 2 N–H and O–H groups in total. The van der Waals surface area contributed by atoms with Gasteiger partial charge in [0.05, 0.1) is 24.1 Å². The van der Waals surface area contributed by atoms with Gasteiger partial charge in [-0.05, 0) is 57.2 Å². The Kier molecular flexibility index (Phi) is 6.40. The second-order valence-electron chi connectivity index (χ2n) is 7.81. The number of amides is 1. The van der Waals surface area contributed by atoms with Gasteiger partial charge in [0.2, 0.25) is 10.0 Å². The monoisotopic (exact) mass is 462 g/mol. The normalized spacial score (nSPS) is 11.9. The summed E-state index contributed by atoms with van der Waals surface area (Å²) in [6, 6.07) is 9.27. The molecule has 0 radical (unpaired) electrons. The highest BCUT2D eigenvalue weighted by atomic mass is 35.5. The van der Waals surface area contributed by atoms with Crippen LogP contribution in [0, 0.1) is 0 Å². The van der Waals surface area contributed by atoms with Crippen molar-refractivity contribution in [1.82, 2.24) is 14.3 Å². The first-order valence-corrected chi connectivity index (χ1v) is 11.2. The highest BCUT2D eigenvalue weighted by molar-refractivity contribution is 7.89. The van der Waals surface area contributed by atoms with Crippen LogP contribution in [0.5, 0.6) is 5.75 Å². The van der Waals surface area contributed by atoms with Gasteiger partial charge in [0.15, 0.2) is 0 Å². The van der Waals surface area contributed by atoms with E-state index in [1.54, 1.807) is 62.3 Å². The molecule has 8 nitrogen and oxygen atoms in total. The first-order chi connectivity index (χ1) is 14.5. The van der Waals surface area contributed by atoms with Crippen LogP contribution in [0.2, 0.25) is 5.02 Å². The number of imidazole rings is 1. The third-order valence-corrected chi connectivity index (χ3v) is 6.23. The number of carbonyl (C=O) groups excluding carboxylic acids is 1. The Bertz CT molecular complexity index is 1200. The van der Waals surface area contributed by atoms with E-state index in [0.29, 0.717) is 16.4 Å². The fourth-order valence-electron chi connectivity index (χ4n) is 2.88. The van der Waals surface area contributed by atoms with Gasteiger partial charge in [-0.1, -0.05) is 11.6 Å². The predicted octanol–water partition coefficient (Wildman–Crippen LogP) is 3.86. The van der Waals surface area contributed by atoms with E-state index in [9.17, 15) is 13.2 Å². The standard InChI is InChI=1S/C21H23ClN4O4S/c1-21(2,3)25-31(28,29)19-11-14(5-8-18(19)30-4)20(27)24-15-6-7-17(16(22)12-15)26-10-9-23-13-26/h5-13,25H,1-4H3,(H,24,27). The van der Waals surface area contributed by atoms with Crippen molar-refractivity contribution in [3.8, 4) is 11.4 Å². The average molecular weight is 463 g/mol. The van der Waals surface area contributed by atoms with E-state index < -0.39 is 21.5 Å². The molecule has 0 aliphatic heterocycles. The minimum Gasteiger partial charge on any atom is -0.495 e. The minimum absolute atomic E-state index is 0.119. The zero-order valence-electron chi connectivity index (χ0n) is 17.5. The van der Waals surface area contributed by atoms with Gasteiger partial charge >= 0.3 is 0 Å². The lowest BCUT2D eigenvalue weighted by atomic mass is 10.1. The first-order valence-electron chi connectivity index (χ1n) is 9.31. The molecule has 0 saturated carbocycles. The van der Waals surface area contributed by atoms with E-state index in [1.165, 1.54) is 25.3 Å². The summed E-state index contributed by atoms with van der Waals surface area (Å²) in [6.07, 6.45) is 5.00. The van der Waals surface area contributed by atoms with E-state index in [2.05, 4.69) is 15.0 Å². The SMILES string of the molecule is COc1ccc(C(=O)Nc2ccc(-n3ccnc3)c(Cl)c2)cc1S(=O)(=O)NC(C)(C)C. The average Bonchev–Trinajstić information content (AvgIpc) is 3.20. The summed E-state index contributed by atoms with van der Waals surface area (Å²) in [5.41, 5.74) is 0.635. The Balaban J connectivity index is 1.88. The van der Waals surface area contributed by atoms with Crippen molar-refractivity contribution in [2.75, 3.05) is 12.4 Å². The van der Waals surface area contributed by atoms with E-state index >= 15 is 0 Å². The zero-order chi connectivity index (χ0) is 22.8. The van der Waals surface area contributed by atoms with Gasteiger partial charge in [0, 0.05) is 29.2 Å². The molecule has 0 aliphatic rings. The van der Waals surface area contributed by atoms with Gasteiger partial charge in [-0.25, -0.2) is 18.1 Å². The third kappa shape index (κ3) is 5.43. The van der Waals surface area contributed by atoms with Crippen LogP contribution in [0.4, 0.5) is 5.69 Å². The number of methoxy groups -OCH3 is 1. The van der Waals surface area contributed by atoms with Crippen LogP contribution in [-0.2, 0) is 10.0 Å². The number of benzene rings is 2. The van der Waals surface area contributed by atoms with Crippen LogP contribution in [0.25, 0.3) is 5.69 Å². The highest BCUT2D eigenvalue weighted by Gasteiger charge is 2.26. The van der Waals surface area contributed by atoms with Crippen molar-refractivity contribution in [2.24, 2.45) is 0 Å². The lowest BCUT2D eigenvalue weighted by Crippen LogP contribution is -2.40. The van der Waals surface area contributed by atoms with Crippen LogP contribution in [0.15, 0.2) is 60.0 Å². The Hall–Kier alpha value is -2.88. The molecular weight excluding hydrogens is 440 g/mol. The predicted molar refractivity (Wildman–Crippen MR) is 120 cm³/mol. The van der Waals surface area contributed by atoms with Gasteiger partial charge in [-0.2, -0.15) is 0 Å². The van der Waals surface area contributed by atoms with Crippen molar-refractivity contribution in [2.45, 2.75) is 31.2 Å². The summed E-state index contributed by atoms with van der Waals surface area (Å²) in [5.74, 6) is -0.345. The topological polar surface area (TPSA) is 102 Å². The largest absolute Gasteiger partial charge is 0.495 e. The van der Waals surface area contributed by atoms with Crippen LogP contribution >= 0.6 is 11.6 Å². The molecule has 1 heterocycles. The molecule has 0 aliphatic carbocycles. The van der Waals surface area contributed by atoms with E-state index in [1.807, 2.05) is 0 Å². The summed E-state index contributed by atoms with van der Waals surface area (Å²) in [6.45, 7) is 5.18. The number of nitrogens with zero attached hydrogens (tertiary/aromatic N) is 2. The number of nitrogens with one attached hydrogen (secondary N) is 2. The number of aromatic nitrogens is 2. The van der Waals surface area contributed by atoms with Gasteiger partial charge < -0.3 is 14.6 Å². The van der Waals surface area contributed by atoms with E-state index in [-0.39, 0.29) is 16.2 Å². The van der Waals surface area contributed by atoms with Crippen molar-refractivity contribution >= 4 is 33.2 Å². The molecule has 1 amide bonds. The molecule has 1 aromatic heterocycles. The van der Waals surface area contributed by atoms with Crippen molar-refractivity contribution in [1.29, 1.82) is 0 Å². The van der Waals surface area contributed by atoms with Crippen LogP contribution in [0.3, 0.4) is 0 Å². The number of sulfonamides is 1. The van der Waals surface area contributed by atoms with Gasteiger partial charge in [0.1, 0.15) is 10.6 Å². The summed E-state index contributed by atoms with van der Waals surface area (Å²) >= 11 is 6.33. The van der Waals surface area contributed by atoms with Crippen LogP contribution in [0.1, 0.15) is 31.1 Å². The molecule has 0 bridgehead atoms. The maximum Gasteiger partial charge on any atom is 0.255 e. The molecular formula is C21H23ClN4O4S. The quantitative estimate of drug-likeness (QED) is 0.579. The molecule has 0 atom stereocenters. The Morgan fingerprint density at radius 3 is 2.48 bits per heavy atom. The molecule has 0 fully saturated rings. The minimum atomic E-state index is -3.91. The molecule has 2 aromatic carbocycles. The second kappa shape index (κ2) is 8.70. The van der Waals surface area contributed by atoms with Crippen LogP contribution < -0.4 is 14.8 Å². The number of carbonyl (C=O) groups is 1. The Morgan fingerprint density at radius 2 is 1.90 bits per heavy atom. The number of hydrogen-bond acceptors (Lipinski definition) is 5. The Labute approximate surface area is 186 Å². The molecule has 3 aromatic rings. The lowest BCUT2D eigenvalue weighted by molar-refractivity contribution is 0.102. The van der Waals surface area contributed by atoms with E-state index in [0.717, 1.165) is 0 Å². The molecule has 164 valence electrons. The zero-order valence-corrected chi connectivity index (χ0v) is 19.1. The summed E-state index contributed by atoms with van der Waals surface area (Å²) < 4.78 is 35.1. The maximum atomic E-state index is 12.8. The van der Waals surface area contributed by atoms with Gasteiger partial charge in [-0.15, -0.1) is 0 Å². The van der Waals surface area contributed by atoms with Crippen molar-refractivity contribution in [3.63, 3.8) is 0 Å². The second-order valence-corrected chi connectivity index (χ2v) is 9.87. The van der Waals surface area contributed by atoms with Gasteiger partial charge in [-0.3, -0.25) is 4.79 Å². The molecule has 0 spiro atoms. The smallest absolute Gasteiger partial charge is 0.255 e. The summed E-state index contributed by atoms with van der Waals surface area (Å²) in [4.78, 5) is 16.6. The maximum absolute atomic E-state index is 12.8. The molecule has 10 heteroatoms. The lowest BCUT2D eigenvalue weighted by Gasteiger charge is -2.21. The fourth-order valence-corrected chi connectivity index (χ4v) is 4.78. The number of anilines is 1. The molecule has 0 unspecified atom stereocenters. The number of halogens is 1. The Morgan fingerprint density at radius 1 is 1.16 bits per heavy atom. The summed E-state index contributed by atoms with van der Waals surface area (Å²) in [5, 5.41) is 3.15. The number of rotatable bonds is 6. The highest BCUT2D eigenvalue weighted by Crippen LogP contribution is 2.28. The van der Waals surface area contributed by atoms with E-state index in [4.69, 9.17) is 16.3 Å². The van der Waals surface area contributed by atoms with Crippen molar-refractivity contribution < 1.29 is 17.9 Å². The molecule has 31 heavy (non-hydrogen) atoms. The third-order valence-electron chi connectivity index (χ3n) is 4.14. The van der Waals surface area contributed by atoms with Crippen molar-refractivity contribution in [3.05, 3.63) is 65.7 Å². The number of hydrogen-bond donors (Lipinski definition) is 2. The van der Waals surface area contributed by atoms with Crippen LogP contribution in [-0.4, -0.2) is 36.5 Å². The first kappa shape index (κ1) is 22.8. The molecule has 0 saturated heterocycles. The van der Waals surface area contributed by atoms with Gasteiger partial charge in [0.25, 0.3) is 5.91 Å².